The number of ketones is 1. The van der Waals surface area contributed by atoms with Gasteiger partial charge in [-0.25, -0.2) is 23.1 Å². The second kappa shape index (κ2) is 8.46. The summed E-state index contributed by atoms with van der Waals surface area (Å²) >= 11 is 0. The Labute approximate surface area is 193 Å². The van der Waals surface area contributed by atoms with Crippen LogP contribution >= 0.6 is 0 Å². The molecule has 2 aliphatic carbocycles. The Balaban J connectivity index is 1.32. The molecule has 8 nitrogen and oxygen atoms in total. The summed E-state index contributed by atoms with van der Waals surface area (Å²) in [5.74, 6) is 0.322. The van der Waals surface area contributed by atoms with Gasteiger partial charge in [0.15, 0.2) is 0 Å². The number of rotatable bonds is 4. The Hall–Kier alpha value is -2.91. The zero-order chi connectivity index (χ0) is 23.1. The van der Waals surface area contributed by atoms with E-state index in [1.807, 2.05) is 25.2 Å². The van der Waals surface area contributed by atoms with E-state index in [9.17, 15) is 13.2 Å². The molecule has 2 aliphatic heterocycles. The number of nitrogens with zero attached hydrogens (tertiary/aromatic N) is 3. The molecule has 0 amide bonds. The predicted octanol–water partition coefficient (Wildman–Crippen LogP) is 3.25. The van der Waals surface area contributed by atoms with Crippen LogP contribution in [0.15, 0.2) is 68.1 Å². The van der Waals surface area contributed by atoms with Gasteiger partial charge in [0.05, 0.1) is 34.2 Å². The number of allylic oxidation sites excluding steroid dienone is 3. The van der Waals surface area contributed by atoms with Gasteiger partial charge in [-0.1, -0.05) is 25.8 Å². The molecule has 9 heteroatoms. The number of benzene rings is 1. The van der Waals surface area contributed by atoms with Crippen LogP contribution in [0.3, 0.4) is 0 Å². The van der Waals surface area contributed by atoms with Crippen molar-refractivity contribution in [3.63, 3.8) is 0 Å². The van der Waals surface area contributed by atoms with Gasteiger partial charge >= 0.3 is 0 Å². The lowest BCUT2D eigenvalue weighted by Gasteiger charge is -2.35. The number of guanidine groups is 1. The van der Waals surface area contributed by atoms with Crippen molar-refractivity contribution in [3.05, 3.63) is 48.2 Å². The van der Waals surface area contributed by atoms with Crippen LogP contribution in [0.4, 0.5) is 5.69 Å². The maximum atomic E-state index is 12.6. The highest BCUT2D eigenvalue weighted by molar-refractivity contribution is 7.89. The predicted molar refractivity (Wildman–Crippen MR) is 129 cm³/mol. The molecule has 0 saturated heterocycles. The summed E-state index contributed by atoms with van der Waals surface area (Å²) < 4.78 is 28.1. The van der Waals surface area contributed by atoms with Gasteiger partial charge in [-0.05, 0) is 49.3 Å². The molecule has 2 heterocycles. The molecule has 1 spiro atoms. The molecule has 2 N–H and O–H groups in total. The number of Topliss-reactive ketones (excluding diaryl/α,β-unsaturated/α-hetero) is 1. The molecule has 1 aromatic carbocycles. The normalized spacial score (nSPS) is 27.2. The summed E-state index contributed by atoms with van der Waals surface area (Å²) in [6, 6.07) is 6.61. The number of anilines is 1. The molecular weight excluding hydrogens is 438 g/mol. The van der Waals surface area contributed by atoms with Gasteiger partial charge < -0.3 is 5.32 Å². The monoisotopic (exact) mass is 465 g/mol. The highest BCUT2D eigenvalue weighted by Gasteiger charge is 2.45. The summed E-state index contributed by atoms with van der Waals surface area (Å²) in [5.41, 5.74) is 1.64. The SMILES string of the molecule is CC1C=NC2=CC=CC3=NC(Nc4ccc(S(=O)(=O)NC5CCCC5)cc4)=NCC23CC1=O. The molecule has 0 bridgehead atoms. The number of sulfonamides is 1. The van der Waals surface area contributed by atoms with Crippen LogP contribution in [0.1, 0.15) is 39.0 Å². The highest BCUT2D eigenvalue weighted by atomic mass is 32.2. The Kier molecular flexibility index (Phi) is 5.62. The highest BCUT2D eigenvalue weighted by Crippen LogP contribution is 2.41. The number of hydrogen-bond acceptors (Lipinski definition) is 7. The van der Waals surface area contributed by atoms with Crippen molar-refractivity contribution in [1.82, 2.24) is 4.72 Å². The molecule has 1 aromatic rings. The van der Waals surface area contributed by atoms with Gasteiger partial charge in [0.2, 0.25) is 16.0 Å². The van der Waals surface area contributed by atoms with E-state index in [-0.39, 0.29) is 22.6 Å². The van der Waals surface area contributed by atoms with E-state index in [0.29, 0.717) is 24.6 Å². The zero-order valence-electron chi connectivity index (χ0n) is 18.5. The minimum Gasteiger partial charge on any atom is -0.324 e. The second-order valence-corrected chi connectivity index (χ2v) is 10.8. The lowest BCUT2D eigenvalue weighted by Crippen LogP contribution is -2.42. The molecule has 2 atom stereocenters. The number of carbonyl (C=O) groups excluding carboxylic acids is 1. The van der Waals surface area contributed by atoms with Gasteiger partial charge in [0.1, 0.15) is 5.78 Å². The molecule has 4 aliphatic rings. The lowest BCUT2D eigenvalue weighted by atomic mass is 9.72. The molecule has 0 radical (unpaired) electrons. The van der Waals surface area contributed by atoms with Crippen molar-refractivity contribution < 1.29 is 13.2 Å². The van der Waals surface area contributed by atoms with Gasteiger partial charge in [-0.2, -0.15) is 0 Å². The first-order chi connectivity index (χ1) is 15.9. The average Bonchev–Trinajstić information content (AvgIpc) is 3.26. The molecule has 2 unspecified atom stereocenters. The minimum absolute atomic E-state index is 0.0261. The third kappa shape index (κ3) is 4.22. The number of nitrogens with one attached hydrogen (secondary N) is 2. The average molecular weight is 466 g/mol. The summed E-state index contributed by atoms with van der Waals surface area (Å²) in [6.07, 6.45) is 11.7. The lowest BCUT2D eigenvalue weighted by molar-refractivity contribution is -0.121. The van der Waals surface area contributed by atoms with Crippen LogP contribution < -0.4 is 10.0 Å². The fourth-order valence-electron chi connectivity index (χ4n) is 4.73. The van der Waals surface area contributed by atoms with Crippen LogP contribution in [-0.4, -0.2) is 44.7 Å². The van der Waals surface area contributed by atoms with Crippen LogP contribution in [0, 0.1) is 11.3 Å². The third-order valence-corrected chi connectivity index (χ3v) is 8.27. The van der Waals surface area contributed by atoms with E-state index in [1.165, 1.54) is 0 Å². The fourth-order valence-corrected chi connectivity index (χ4v) is 6.03. The summed E-state index contributed by atoms with van der Waals surface area (Å²) in [6.45, 7) is 2.23. The van der Waals surface area contributed by atoms with E-state index in [1.54, 1.807) is 30.5 Å². The molecule has 1 fully saturated rings. The fraction of sp³-hybridized carbons (Fsp3) is 0.417. The Morgan fingerprint density at radius 1 is 1.12 bits per heavy atom. The maximum Gasteiger partial charge on any atom is 0.240 e. The molecule has 0 aromatic heterocycles. The van der Waals surface area contributed by atoms with Crippen LogP contribution in [0.25, 0.3) is 0 Å². The topological polar surface area (TPSA) is 112 Å². The van der Waals surface area contributed by atoms with Crippen molar-refractivity contribution in [1.29, 1.82) is 0 Å². The zero-order valence-corrected chi connectivity index (χ0v) is 19.3. The van der Waals surface area contributed by atoms with Crippen molar-refractivity contribution in [2.45, 2.75) is 50.0 Å². The first-order valence-electron chi connectivity index (χ1n) is 11.3. The van der Waals surface area contributed by atoms with Crippen molar-refractivity contribution in [3.8, 4) is 0 Å². The van der Waals surface area contributed by atoms with Crippen LogP contribution in [0.2, 0.25) is 0 Å². The maximum absolute atomic E-state index is 12.6. The summed E-state index contributed by atoms with van der Waals surface area (Å²) in [4.78, 5) is 26.7. The number of hydrogen-bond donors (Lipinski definition) is 2. The van der Waals surface area contributed by atoms with Crippen LogP contribution in [-0.2, 0) is 14.8 Å². The quantitative estimate of drug-likeness (QED) is 0.711. The van der Waals surface area contributed by atoms with E-state index in [2.05, 4.69) is 25.0 Å². The van der Waals surface area contributed by atoms with Crippen molar-refractivity contribution >= 4 is 39.4 Å². The van der Waals surface area contributed by atoms with Gasteiger partial charge in [0, 0.05) is 24.4 Å². The van der Waals surface area contributed by atoms with Gasteiger partial charge in [-0.15, -0.1) is 0 Å². The minimum atomic E-state index is -3.53. The summed E-state index contributed by atoms with van der Waals surface area (Å²) in [7, 11) is -3.53. The molecule has 1 saturated carbocycles. The summed E-state index contributed by atoms with van der Waals surface area (Å²) in [5, 5.41) is 3.16. The standard InChI is InChI=1S/C24H27N5O3S/c1-16-14-25-21-7-4-8-22-24(21,13-20(16)30)15-26-23(28-22)27-17-9-11-19(12-10-17)33(31,32)29-18-5-2-3-6-18/h4,7-12,14,16,18,29H,2-3,5-6,13,15H2,1H3,(H,26,27). The van der Waals surface area contributed by atoms with E-state index in [4.69, 9.17) is 0 Å². The van der Waals surface area contributed by atoms with E-state index >= 15 is 0 Å². The second-order valence-electron chi connectivity index (χ2n) is 9.09. The molecule has 172 valence electrons. The Morgan fingerprint density at radius 3 is 2.64 bits per heavy atom. The van der Waals surface area contributed by atoms with E-state index in [0.717, 1.165) is 37.1 Å². The van der Waals surface area contributed by atoms with Crippen LogP contribution in [0.5, 0.6) is 0 Å². The molecule has 33 heavy (non-hydrogen) atoms. The van der Waals surface area contributed by atoms with Gasteiger partial charge in [0.25, 0.3) is 0 Å². The smallest absolute Gasteiger partial charge is 0.240 e. The molecule has 5 rings (SSSR count). The largest absolute Gasteiger partial charge is 0.324 e. The number of carbonyl (C=O) groups is 1. The third-order valence-electron chi connectivity index (χ3n) is 6.73. The Morgan fingerprint density at radius 2 is 1.88 bits per heavy atom. The Bertz CT molecular complexity index is 1220. The van der Waals surface area contributed by atoms with Gasteiger partial charge in [-0.3, -0.25) is 9.79 Å². The van der Waals surface area contributed by atoms with E-state index < -0.39 is 15.4 Å². The molecular formula is C24H27N5O3S. The van der Waals surface area contributed by atoms with Crippen molar-refractivity contribution in [2.75, 3.05) is 11.9 Å². The number of aliphatic imine (C=N–C) groups is 3. The first-order valence-corrected chi connectivity index (χ1v) is 12.8. The first kappa shape index (κ1) is 21.9. The van der Waals surface area contributed by atoms with Crippen molar-refractivity contribution in [2.24, 2.45) is 26.3 Å².